The number of rotatable bonds is 9. The van der Waals surface area contributed by atoms with E-state index in [1.54, 1.807) is 0 Å². The van der Waals surface area contributed by atoms with Gasteiger partial charge in [0.25, 0.3) is 0 Å². The van der Waals surface area contributed by atoms with Gasteiger partial charge in [-0.15, -0.1) is 0 Å². The lowest BCUT2D eigenvalue weighted by atomic mass is 9.76. The van der Waals surface area contributed by atoms with Gasteiger partial charge < -0.3 is 16.4 Å². The van der Waals surface area contributed by atoms with Crippen LogP contribution in [0, 0.1) is 17.8 Å². The third-order valence-electron chi connectivity index (χ3n) is 7.04. The van der Waals surface area contributed by atoms with Crippen molar-refractivity contribution in [3.63, 3.8) is 0 Å². The van der Waals surface area contributed by atoms with Crippen LogP contribution in [0.2, 0.25) is 0 Å². The van der Waals surface area contributed by atoms with E-state index < -0.39 is 6.23 Å². The smallest absolute Gasteiger partial charge is 0.237 e. The lowest BCUT2D eigenvalue weighted by Crippen LogP contribution is -2.64. The molecule has 12 nitrogen and oxygen atoms in total. The number of carbonyl (C=O) groups excluding carboxylic acids is 2. The summed E-state index contributed by atoms with van der Waals surface area (Å²) in [6.45, 7) is 3.38. The van der Waals surface area contributed by atoms with E-state index in [-0.39, 0.29) is 48.3 Å². The molecule has 0 radical (unpaired) electrons. The molecule has 0 spiro atoms. The van der Waals surface area contributed by atoms with Gasteiger partial charge in [-0.1, -0.05) is 12.8 Å². The molecule has 4 fully saturated rings. The average Bonchev–Trinajstić information content (AvgIpc) is 3.39. The molecule has 0 aromatic rings. The van der Waals surface area contributed by atoms with Gasteiger partial charge in [0.05, 0.1) is 12.3 Å². The normalized spacial score (nSPS) is 39.5. The number of hydrogen-bond acceptors (Lipinski definition) is 10. The van der Waals surface area contributed by atoms with E-state index in [1.807, 2.05) is 6.92 Å². The van der Waals surface area contributed by atoms with Crippen molar-refractivity contribution < 1.29 is 19.3 Å². The van der Waals surface area contributed by atoms with Crippen molar-refractivity contribution in [3.8, 4) is 0 Å². The highest BCUT2D eigenvalue weighted by atomic mass is 16.7. The molecule has 182 valence electrons. The first-order valence-corrected chi connectivity index (χ1v) is 11.9. The first kappa shape index (κ1) is 23.8. The highest BCUT2D eigenvalue weighted by Gasteiger charge is 2.42. The lowest BCUT2D eigenvalue weighted by Gasteiger charge is -2.41. The third-order valence-corrected chi connectivity index (χ3v) is 7.04. The van der Waals surface area contributed by atoms with Crippen molar-refractivity contribution in [2.75, 3.05) is 13.1 Å². The number of fused-ring (bicyclic) bond motifs is 1. The Balaban J connectivity index is 1.07. The molecule has 3 aliphatic heterocycles. The fourth-order valence-corrected chi connectivity index (χ4v) is 5.22. The van der Waals surface area contributed by atoms with E-state index in [0.717, 1.165) is 32.2 Å². The van der Waals surface area contributed by atoms with Crippen molar-refractivity contribution in [2.45, 2.75) is 82.7 Å². The highest BCUT2D eigenvalue weighted by molar-refractivity contribution is 5.79. The Kier molecular flexibility index (Phi) is 8.29. The summed E-state index contributed by atoms with van der Waals surface area (Å²) in [5, 5.41) is 9.78. The number of hydrogen-bond donors (Lipinski definition) is 8. The van der Waals surface area contributed by atoms with Crippen molar-refractivity contribution in [2.24, 2.45) is 23.5 Å². The maximum absolute atomic E-state index is 12.2. The Morgan fingerprint density at radius 1 is 1.19 bits per heavy atom. The van der Waals surface area contributed by atoms with Crippen LogP contribution < -0.4 is 43.5 Å². The summed E-state index contributed by atoms with van der Waals surface area (Å²) in [5.41, 5.74) is 17.7. The molecule has 32 heavy (non-hydrogen) atoms. The largest absolute Gasteiger partial charge is 0.356 e. The number of hydroxylamine groups is 2. The van der Waals surface area contributed by atoms with Crippen LogP contribution in [-0.2, 0) is 19.3 Å². The quantitative estimate of drug-likeness (QED) is 0.187. The Morgan fingerprint density at radius 2 is 2.03 bits per heavy atom. The number of nitrogens with one attached hydrogen (secondary N) is 7. The average molecular weight is 455 g/mol. The molecule has 0 aromatic heterocycles. The molecule has 4 rings (SSSR count). The highest BCUT2D eigenvalue weighted by Crippen LogP contribution is 2.33. The predicted octanol–water partition coefficient (Wildman–Crippen LogP) is -1.77. The van der Waals surface area contributed by atoms with Gasteiger partial charge >= 0.3 is 0 Å². The molecule has 2 amide bonds. The number of carbonyl (C=O) groups is 2. The summed E-state index contributed by atoms with van der Waals surface area (Å²) < 4.78 is 0. The fourth-order valence-electron chi connectivity index (χ4n) is 5.22. The summed E-state index contributed by atoms with van der Waals surface area (Å²) >= 11 is 0. The van der Waals surface area contributed by atoms with Gasteiger partial charge in [-0.2, -0.15) is 11.0 Å². The maximum atomic E-state index is 12.2. The van der Waals surface area contributed by atoms with E-state index in [2.05, 4.69) is 37.8 Å². The van der Waals surface area contributed by atoms with Crippen LogP contribution in [0.5, 0.6) is 0 Å². The van der Waals surface area contributed by atoms with E-state index in [9.17, 15) is 9.59 Å². The SMILES string of the molecule is CC1NOC(N)C1C1NOC(CCC(=O)NCCCNC2NNC(=O)C3CCCCC23)N1. The van der Waals surface area contributed by atoms with Gasteiger partial charge in [0.2, 0.25) is 11.8 Å². The van der Waals surface area contributed by atoms with Gasteiger partial charge in [-0.05, 0) is 39.2 Å². The second-order valence-corrected chi connectivity index (χ2v) is 9.30. The van der Waals surface area contributed by atoms with E-state index in [1.165, 1.54) is 6.42 Å². The Bertz CT molecular complexity index is 645. The van der Waals surface area contributed by atoms with Crippen LogP contribution in [0.15, 0.2) is 0 Å². The summed E-state index contributed by atoms with van der Waals surface area (Å²) in [7, 11) is 0. The molecule has 3 saturated heterocycles. The zero-order chi connectivity index (χ0) is 22.5. The van der Waals surface area contributed by atoms with Crippen molar-refractivity contribution >= 4 is 11.8 Å². The van der Waals surface area contributed by atoms with Crippen LogP contribution in [0.25, 0.3) is 0 Å². The molecular weight excluding hydrogens is 416 g/mol. The second-order valence-electron chi connectivity index (χ2n) is 9.30. The minimum Gasteiger partial charge on any atom is -0.356 e. The molecular formula is C20H38N8O4. The van der Waals surface area contributed by atoms with Crippen molar-refractivity contribution in [1.82, 2.24) is 37.8 Å². The summed E-state index contributed by atoms with van der Waals surface area (Å²) in [5.74, 6) is 0.599. The van der Waals surface area contributed by atoms with Gasteiger partial charge in [0.15, 0.2) is 0 Å². The minimum absolute atomic E-state index is 0.00480. The van der Waals surface area contributed by atoms with Gasteiger partial charge in [0.1, 0.15) is 12.5 Å². The first-order chi connectivity index (χ1) is 15.5. The Labute approximate surface area is 188 Å². The molecule has 4 aliphatic rings. The molecule has 3 heterocycles. The maximum Gasteiger partial charge on any atom is 0.237 e. The Morgan fingerprint density at radius 3 is 2.84 bits per heavy atom. The number of amides is 2. The topological polar surface area (TPSA) is 163 Å². The molecule has 0 aromatic carbocycles. The van der Waals surface area contributed by atoms with Crippen molar-refractivity contribution in [3.05, 3.63) is 0 Å². The predicted molar refractivity (Wildman–Crippen MR) is 115 cm³/mol. The Hall–Kier alpha value is -1.38. The molecule has 0 bridgehead atoms. The summed E-state index contributed by atoms with van der Waals surface area (Å²) in [4.78, 5) is 35.0. The van der Waals surface area contributed by atoms with Crippen LogP contribution in [0.1, 0.15) is 51.9 Å². The van der Waals surface area contributed by atoms with Crippen LogP contribution in [-0.4, -0.2) is 55.7 Å². The van der Waals surface area contributed by atoms with E-state index >= 15 is 0 Å². The molecule has 1 saturated carbocycles. The molecule has 8 unspecified atom stereocenters. The van der Waals surface area contributed by atoms with Crippen LogP contribution >= 0.6 is 0 Å². The van der Waals surface area contributed by atoms with Gasteiger partial charge in [-0.25, -0.2) is 5.43 Å². The lowest BCUT2D eigenvalue weighted by molar-refractivity contribution is -0.134. The standard InChI is InChI=1S/C20H38N8O4/c1-11-16(17(21)32-27-11)19-24-15(31-28-19)8-7-14(29)22-9-4-10-23-18-12-5-2-3-6-13(12)20(30)26-25-18/h11-13,15-19,23-25,27-28H,2-10,21H2,1H3,(H,22,29)(H,26,30). The van der Waals surface area contributed by atoms with Gasteiger partial charge in [0, 0.05) is 36.8 Å². The minimum atomic E-state index is -0.418. The zero-order valence-corrected chi connectivity index (χ0v) is 18.7. The fraction of sp³-hybridized carbons (Fsp3) is 0.900. The summed E-state index contributed by atoms with van der Waals surface area (Å²) in [6.07, 6.45) is 5.41. The van der Waals surface area contributed by atoms with Crippen LogP contribution in [0.3, 0.4) is 0 Å². The third kappa shape index (κ3) is 5.75. The zero-order valence-electron chi connectivity index (χ0n) is 18.7. The molecule has 9 N–H and O–H groups in total. The van der Waals surface area contributed by atoms with E-state index in [4.69, 9.17) is 15.4 Å². The summed E-state index contributed by atoms with van der Waals surface area (Å²) in [6, 6.07) is 0.0957. The molecule has 1 aliphatic carbocycles. The number of nitrogens with two attached hydrogens (primary N) is 1. The van der Waals surface area contributed by atoms with Crippen LogP contribution in [0.4, 0.5) is 0 Å². The monoisotopic (exact) mass is 454 g/mol. The first-order valence-electron chi connectivity index (χ1n) is 11.9. The van der Waals surface area contributed by atoms with E-state index in [0.29, 0.717) is 25.3 Å². The van der Waals surface area contributed by atoms with Crippen molar-refractivity contribution in [1.29, 1.82) is 0 Å². The van der Waals surface area contributed by atoms with Gasteiger partial charge in [-0.3, -0.25) is 30.0 Å². The molecule has 12 heteroatoms. The second kappa shape index (κ2) is 11.2. The number of hydrazine groups is 1. The molecule has 8 atom stereocenters.